The maximum Gasteiger partial charge on any atom is 0.268 e. The molecule has 3 N–H and O–H groups in total. The number of hydrogen-bond acceptors (Lipinski definition) is 4. The first-order chi connectivity index (χ1) is 9.25. The number of amides is 1. The van der Waals surface area contributed by atoms with Gasteiger partial charge in [-0.3, -0.25) is 9.89 Å². The molecule has 3 rings (SSSR count). The van der Waals surface area contributed by atoms with Crippen molar-refractivity contribution in [3.05, 3.63) is 35.7 Å². The van der Waals surface area contributed by atoms with Crippen molar-refractivity contribution in [3.8, 4) is 0 Å². The van der Waals surface area contributed by atoms with Gasteiger partial charge in [-0.2, -0.15) is 5.10 Å². The van der Waals surface area contributed by atoms with Gasteiger partial charge in [-0.25, -0.2) is 4.98 Å². The number of carbonyl (C=O) groups excluding carboxylic acids is 1. The van der Waals surface area contributed by atoms with E-state index in [1.807, 2.05) is 13.0 Å². The van der Waals surface area contributed by atoms with Crippen LogP contribution in [-0.4, -0.2) is 38.7 Å². The van der Waals surface area contributed by atoms with Gasteiger partial charge in [-0.05, 0) is 25.0 Å². The van der Waals surface area contributed by atoms with E-state index in [0.29, 0.717) is 18.1 Å². The molecule has 2 atom stereocenters. The predicted octanol–water partition coefficient (Wildman–Crippen LogP) is 0.701. The lowest BCUT2D eigenvalue weighted by Gasteiger charge is -2.17. The molecule has 0 saturated carbocycles. The molecule has 1 fully saturated rings. The highest BCUT2D eigenvalue weighted by molar-refractivity contribution is 5.94. The summed E-state index contributed by atoms with van der Waals surface area (Å²) in [4.78, 5) is 19.2. The van der Waals surface area contributed by atoms with E-state index in [4.69, 9.17) is 4.74 Å². The summed E-state index contributed by atoms with van der Waals surface area (Å²) in [7, 11) is 0. The molecule has 19 heavy (non-hydrogen) atoms. The van der Waals surface area contributed by atoms with Crippen LogP contribution in [0.3, 0.4) is 0 Å². The Hall–Kier alpha value is -2.15. The number of hydrogen-bond donors (Lipinski definition) is 3. The van der Waals surface area contributed by atoms with Crippen molar-refractivity contribution in [2.75, 3.05) is 6.61 Å². The van der Waals surface area contributed by atoms with Crippen molar-refractivity contribution in [1.82, 2.24) is 25.5 Å². The summed E-state index contributed by atoms with van der Waals surface area (Å²) in [6.07, 6.45) is 3.69. The van der Waals surface area contributed by atoms with E-state index in [0.717, 1.165) is 12.0 Å². The average Bonchev–Trinajstić information content (AvgIpc) is 3.07. The van der Waals surface area contributed by atoms with E-state index < -0.39 is 0 Å². The molecular formula is C12H15N5O2. The normalized spacial score (nSPS) is 22.6. The Kier molecular flexibility index (Phi) is 3.04. The number of ether oxygens (including phenoxy) is 1. The first-order valence-corrected chi connectivity index (χ1v) is 6.17. The second kappa shape index (κ2) is 4.85. The Labute approximate surface area is 109 Å². The van der Waals surface area contributed by atoms with E-state index in [9.17, 15) is 4.79 Å². The summed E-state index contributed by atoms with van der Waals surface area (Å²) in [5.41, 5.74) is 1.51. The minimum atomic E-state index is -0.262. The van der Waals surface area contributed by atoms with Crippen LogP contribution in [-0.2, 0) is 4.74 Å². The van der Waals surface area contributed by atoms with Crippen LogP contribution in [0.5, 0.6) is 0 Å². The van der Waals surface area contributed by atoms with Crippen molar-refractivity contribution in [2.24, 2.45) is 0 Å². The number of H-pyrrole nitrogens is 2. The molecule has 3 heterocycles. The third-order valence-corrected chi connectivity index (χ3v) is 3.29. The summed E-state index contributed by atoms with van der Waals surface area (Å²) in [5.74, 6) is 0.522. The fourth-order valence-corrected chi connectivity index (χ4v) is 2.29. The summed E-state index contributed by atoms with van der Waals surface area (Å²) in [6.45, 7) is 2.49. The zero-order valence-corrected chi connectivity index (χ0v) is 10.5. The van der Waals surface area contributed by atoms with E-state index in [2.05, 4.69) is 25.5 Å². The summed E-state index contributed by atoms with van der Waals surface area (Å²) < 4.78 is 5.60. The SMILES string of the molecule is Cc1cc[nH]c1C(=O)N[C@H]1CCO[C@H]1c1ncn[nH]1. The molecular weight excluding hydrogens is 246 g/mol. The van der Waals surface area contributed by atoms with Gasteiger partial charge in [0, 0.05) is 12.8 Å². The molecule has 2 aromatic rings. The fourth-order valence-electron chi connectivity index (χ4n) is 2.29. The lowest BCUT2D eigenvalue weighted by Crippen LogP contribution is -2.37. The van der Waals surface area contributed by atoms with Gasteiger partial charge in [0.15, 0.2) is 5.82 Å². The number of aryl methyl sites for hydroxylation is 1. The zero-order valence-electron chi connectivity index (χ0n) is 10.5. The van der Waals surface area contributed by atoms with E-state index in [-0.39, 0.29) is 18.1 Å². The molecule has 7 nitrogen and oxygen atoms in total. The first-order valence-electron chi connectivity index (χ1n) is 6.17. The predicted molar refractivity (Wildman–Crippen MR) is 66.5 cm³/mol. The molecule has 0 bridgehead atoms. The van der Waals surface area contributed by atoms with Crippen molar-refractivity contribution in [1.29, 1.82) is 0 Å². The Bertz CT molecular complexity index is 562. The van der Waals surface area contributed by atoms with Crippen LogP contribution in [0.1, 0.15) is 34.4 Å². The van der Waals surface area contributed by atoms with Crippen LogP contribution < -0.4 is 5.32 Å². The second-order valence-electron chi connectivity index (χ2n) is 4.57. The molecule has 0 aromatic carbocycles. The fraction of sp³-hybridized carbons (Fsp3) is 0.417. The number of nitrogens with zero attached hydrogens (tertiary/aromatic N) is 2. The average molecular weight is 261 g/mol. The van der Waals surface area contributed by atoms with Crippen molar-refractivity contribution in [2.45, 2.75) is 25.5 Å². The minimum absolute atomic E-state index is 0.0943. The van der Waals surface area contributed by atoms with Gasteiger partial charge in [0.2, 0.25) is 0 Å². The maximum absolute atomic E-state index is 12.2. The standard InChI is InChI=1S/C12H15N5O2/c1-7-2-4-13-9(7)12(18)16-8-3-5-19-10(8)11-14-6-15-17-11/h2,4,6,8,10,13H,3,5H2,1H3,(H,16,18)(H,14,15,17)/t8-,10+/m0/s1. The molecule has 0 aliphatic carbocycles. The van der Waals surface area contributed by atoms with Crippen LogP contribution in [0.25, 0.3) is 0 Å². The summed E-state index contributed by atoms with van der Waals surface area (Å²) >= 11 is 0. The van der Waals surface area contributed by atoms with Crippen LogP contribution in [0, 0.1) is 6.92 Å². The largest absolute Gasteiger partial charge is 0.368 e. The van der Waals surface area contributed by atoms with E-state index in [1.165, 1.54) is 6.33 Å². The Morgan fingerprint density at radius 1 is 1.58 bits per heavy atom. The van der Waals surface area contributed by atoms with Gasteiger partial charge in [-0.1, -0.05) is 0 Å². The number of aromatic nitrogens is 4. The van der Waals surface area contributed by atoms with Crippen LogP contribution in [0.2, 0.25) is 0 Å². The van der Waals surface area contributed by atoms with Gasteiger partial charge < -0.3 is 15.0 Å². The van der Waals surface area contributed by atoms with Gasteiger partial charge in [0.1, 0.15) is 18.1 Å². The number of carbonyl (C=O) groups is 1. The smallest absolute Gasteiger partial charge is 0.268 e. The molecule has 2 aromatic heterocycles. The second-order valence-corrected chi connectivity index (χ2v) is 4.57. The molecule has 1 aliphatic heterocycles. The topological polar surface area (TPSA) is 95.7 Å². The third kappa shape index (κ3) is 2.24. The molecule has 0 unspecified atom stereocenters. The summed E-state index contributed by atoms with van der Waals surface area (Å²) in [6, 6.07) is 1.77. The van der Waals surface area contributed by atoms with Crippen LogP contribution in [0.4, 0.5) is 0 Å². The first kappa shape index (κ1) is 11.9. The van der Waals surface area contributed by atoms with Gasteiger partial charge >= 0.3 is 0 Å². The lowest BCUT2D eigenvalue weighted by atomic mass is 10.1. The number of nitrogens with one attached hydrogen (secondary N) is 3. The molecule has 7 heteroatoms. The lowest BCUT2D eigenvalue weighted by molar-refractivity contribution is 0.0789. The van der Waals surface area contributed by atoms with Crippen LogP contribution >= 0.6 is 0 Å². The number of aromatic amines is 2. The Morgan fingerprint density at radius 3 is 3.16 bits per heavy atom. The van der Waals surface area contributed by atoms with Crippen molar-refractivity contribution < 1.29 is 9.53 Å². The molecule has 0 spiro atoms. The van der Waals surface area contributed by atoms with Gasteiger partial charge in [0.05, 0.1) is 6.04 Å². The Morgan fingerprint density at radius 2 is 2.47 bits per heavy atom. The van der Waals surface area contributed by atoms with E-state index >= 15 is 0 Å². The molecule has 1 amide bonds. The zero-order chi connectivity index (χ0) is 13.2. The highest BCUT2D eigenvalue weighted by Crippen LogP contribution is 2.26. The molecule has 0 radical (unpaired) electrons. The molecule has 100 valence electrons. The quantitative estimate of drug-likeness (QED) is 0.758. The molecule has 1 saturated heterocycles. The van der Waals surface area contributed by atoms with E-state index in [1.54, 1.807) is 6.20 Å². The summed E-state index contributed by atoms with van der Waals surface area (Å²) in [5, 5.41) is 9.57. The number of rotatable bonds is 3. The van der Waals surface area contributed by atoms with Crippen molar-refractivity contribution >= 4 is 5.91 Å². The van der Waals surface area contributed by atoms with Crippen LogP contribution in [0.15, 0.2) is 18.6 Å². The highest BCUT2D eigenvalue weighted by atomic mass is 16.5. The van der Waals surface area contributed by atoms with Crippen molar-refractivity contribution in [3.63, 3.8) is 0 Å². The third-order valence-electron chi connectivity index (χ3n) is 3.29. The molecule has 1 aliphatic rings. The monoisotopic (exact) mass is 261 g/mol. The van der Waals surface area contributed by atoms with Gasteiger partial charge in [0.25, 0.3) is 5.91 Å². The van der Waals surface area contributed by atoms with Gasteiger partial charge in [-0.15, -0.1) is 0 Å². The minimum Gasteiger partial charge on any atom is -0.368 e. The highest BCUT2D eigenvalue weighted by Gasteiger charge is 2.33. The maximum atomic E-state index is 12.2. The Balaban J connectivity index is 1.72.